The molecule has 0 atom stereocenters. The predicted octanol–water partition coefficient (Wildman–Crippen LogP) is 5.33. The Morgan fingerprint density at radius 2 is 1.75 bits per heavy atom. The standard InChI is InChI=1S/C24H21BrClN3O3/c1-2-16-7-4-6-10-21(16)28-23(30)24(31)29-27-14-18-13-19(25)11-12-22(18)32-15-17-8-3-5-9-20(17)26/h3-14H,2,15H2,1H3,(H,28,30)(H,29,31)/b27-14-. The number of amides is 2. The van der Waals surface area contributed by atoms with Crippen molar-refractivity contribution in [3.05, 3.63) is 92.9 Å². The summed E-state index contributed by atoms with van der Waals surface area (Å²) >= 11 is 9.59. The van der Waals surface area contributed by atoms with E-state index in [-0.39, 0.29) is 6.61 Å². The van der Waals surface area contributed by atoms with Crippen LogP contribution in [0.4, 0.5) is 5.69 Å². The fourth-order valence-corrected chi connectivity index (χ4v) is 3.43. The molecule has 0 aliphatic rings. The molecular formula is C24H21BrClN3O3. The molecule has 2 amide bonds. The number of benzene rings is 3. The van der Waals surface area contributed by atoms with Crippen LogP contribution in [0.1, 0.15) is 23.6 Å². The number of carbonyl (C=O) groups excluding carboxylic acids is 2. The van der Waals surface area contributed by atoms with Gasteiger partial charge in [0, 0.05) is 26.3 Å². The quantitative estimate of drug-likeness (QED) is 0.254. The Balaban J connectivity index is 1.64. The van der Waals surface area contributed by atoms with Crippen LogP contribution in [0.5, 0.6) is 5.75 Å². The molecule has 0 fully saturated rings. The number of hydrogen-bond acceptors (Lipinski definition) is 4. The van der Waals surface area contributed by atoms with Gasteiger partial charge in [0.1, 0.15) is 12.4 Å². The van der Waals surface area contributed by atoms with Crippen molar-refractivity contribution in [1.82, 2.24) is 5.43 Å². The van der Waals surface area contributed by atoms with E-state index in [1.54, 1.807) is 30.3 Å². The Morgan fingerprint density at radius 1 is 1.03 bits per heavy atom. The third-order valence-corrected chi connectivity index (χ3v) is 5.40. The number of aryl methyl sites for hydroxylation is 1. The van der Waals surface area contributed by atoms with Crippen LogP contribution in [-0.4, -0.2) is 18.0 Å². The van der Waals surface area contributed by atoms with Gasteiger partial charge >= 0.3 is 11.8 Å². The number of anilines is 1. The average Bonchev–Trinajstić information content (AvgIpc) is 2.79. The molecule has 2 N–H and O–H groups in total. The van der Waals surface area contributed by atoms with E-state index in [9.17, 15) is 9.59 Å². The summed E-state index contributed by atoms with van der Waals surface area (Å²) in [6.45, 7) is 2.24. The largest absolute Gasteiger partial charge is 0.488 e. The average molecular weight is 515 g/mol. The zero-order valence-corrected chi connectivity index (χ0v) is 19.6. The predicted molar refractivity (Wildman–Crippen MR) is 130 cm³/mol. The molecule has 0 saturated carbocycles. The van der Waals surface area contributed by atoms with E-state index >= 15 is 0 Å². The van der Waals surface area contributed by atoms with Crippen molar-refractivity contribution in [2.24, 2.45) is 5.10 Å². The first kappa shape index (κ1) is 23.5. The lowest BCUT2D eigenvalue weighted by molar-refractivity contribution is -0.136. The smallest absolute Gasteiger partial charge is 0.329 e. The highest BCUT2D eigenvalue weighted by Crippen LogP contribution is 2.24. The van der Waals surface area contributed by atoms with Gasteiger partial charge in [-0.3, -0.25) is 9.59 Å². The molecule has 164 valence electrons. The minimum atomic E-state index is -0.874. The van der Waals surface area contributed by atoms with Gasteiger partial charge in [0.2, 0.25) is 0 Å². The molecular weight excluding hydrogens is 494 g/mol. The molecule has 8 heteroatoms. The lowest BCUT2D eigenvalue weighted by atomic mass is 10.1. The minimum Gasteiger partial charge on any atom is -0.488 e. The van der Waals surface area contributed by atoms with Crippen molar-refractivity contribution < 1.29 is 14.3 Å². The first-order chi connectivity index (χ1) is 15.5. The number of hydrogen-bond donors (Lipinski definition) is 2. The van der Waals surface area contributed by atoms with Crippen LogP contribution in [0, 0.1) is 0 Å². The fraction of sp³-hybridized carbons (Fsp3) is 0.125. The number of para-hydroxylation sites is 1. The van der Waals surface area contributed by atoms with E-state index in [2.05, 4.69) is 31.8 Å². The monoisotopic (exact) mass is 513 g/mol. The topological polar surface area (TPSA) is 79.8 Å². The summed E-state index contributed by atoms with van der Waals surface area (Å²) in [7, 11) is 0. The van der Waals surface area contributed by atoms with Crippen LogP contribution in [0.15, 0.2) is 76.3 Å². The van der Waals surface area contributed by atoms with Crippen LogP contribution < -0.4 is 15.5 Å². The van der Waals surface area contributed by atoms with Crippen molar-refractivity contribution in [2.45, 2.75) is 20.0 Å². The minimum absolute atomic E-state index is 0.272. The Labute approximate surface area is 199 Å². The molecule has 0 unspecified atom stereocenters. The number of ether oxygens (including phenoxy) is 1. The molecule has 3 aromatic rings. The van der Waals surface area contributed by atoms with E-state index in [1.165, 1.54) is 6.21 Å². The zero-order chi connectivity index (χ0) is 22.9. The van der Waals surface area contributed by atoms with Gasteiger partial charge in [-0.05, 0) is 42.3 Å². The maximum atomic E-state index is 12.2. The van der Waals surface area contributed by atoms with Gasteiger partial charge in [-0.2, -0.15) is 5.10 Å². The van der Waals surface area contributed by atoms with E-state index < -0.39 is 11.8 Å². The van der Waals surface area contributed by atoms with Crippen molar-refractivity contribution in [2.75, 3.05) is 5.32 Å². The SMILES string of the molecule is CCc1ccccc1NC(=O)C(=O)N/N=C\c1cc(Br)ccc1OCc1ccccc1Cl. The highest BCUT2D eigenvalue weighted by Gasteiger charge is 2.14. The third kappa shape index (κ3) is 6.42. The summed E-state index contributed by atoms with van der Waals surface area (Å²) in [5, 5.41) is 7.13. The van der Waals surface area contributed by atoms with E-state index in [4.69, 9.17) is 16.3 Å². The first-order valence-electron chi connectivity index (χ1n) is 9.86. The highest BCUT2D eigenvalue weighted by atomic mass is 79.9. The second kappa shape index (κ2) is 11.5. The van der Waals surface area contributed by atoms with Gasteiger partial charge in [0.05, 0.1) is 6.21 Å². The van der Waals surface area contributed by atoms with Crippen LogP contribution in [-0.2, 0) is 22.6 Å². The van der Waals surface area contributed by atoms with Gasteiger partial charge < -0.3 is 10.1 Å². The number of carbonyl (C=O) groups is 2. The summed E-state index contributed by atoms with van der Waals surface area (Å²) in [6, 6.07) is 20.1. The molecule has 3 aromatic carbocycles. The molecule has 32 heavy (non-hydrogen) atoms. The van der Waals surface area contributed by atoms with Gasteiger partial charge in [-0.1, -0.05) is 70.9 Å². The van der Waals surface area contributed by atoms with E-state index in [1.807, 2.05) is 43.3 Å². The molecule has 0 heterocycles. The lowest BCUT2D eigenvalue weighted by Crippen LogP contribution is -2.32. The summed E-state index contributed by atoms with van der Waals surface area (Å²) in [6.07, 6.45) is 2.15. The summed E-state index contributed by atoms with van der Waals surface area (Å²) in [5.41, 5.74) is 5.24. The molecule has 6 nitrogen and oxygen atoms in total. The molecule has 3 rings (SSSR count). The van der Waals surface area contributed by atoms with Gasteiger partial charge in [-0.25, -0.2) is 5.43 Å². The normalized spacial score (nSPS) is 10.7. The van der Waals surface area contributed by atoms with E-state index in [0.29, 0.717) is 22.0 Å². The van der Waals surface area contributed by atoms with Crippen molar-refractivity contribution in [3.8, 4) is 5.75 Å². The molecule has 0 aliphatic heterocycles. The van der Waals surface area contributed by atoms with Crippen molar-refractivity contribution in [3.63, 3.8) is 0 Å². The van der Waals surface area contributed by atoms with Gasteiger partial charge in [0.25, 0.3) is 0 Å². The summed E-state index contributed by atoms with van der Waals surface area (Å²) < 4.78 is 6.69. The number of nitrogens with one attached hydrogen (secondary N) is 2. The van der Waals surface area contributed by atoms with Crippen LogP contribution in [0.2, 0.25) is 5.02 Å². The molecule has 0 saturated heterocycles. The lowest BCUT2D eigenvalue weighted by Gasteiger charge is -2.11. The number of hydrazone groups is 1. The Bertz CT molecular complexity index is 1150. The van der Waals surface area contributed by atoms with Gasteiger partial charge in [0.15, 0.2) is 0 Å². The maximum Gasteiger partial charge on any atom is 0.329 e. The second-order valence-electron chi connectivity index (χ2n) is 6.73. The van der Waals surface area contributed by atoms with Gasteiger partial charge in [-0.15, -0.1) is 0 Å². The van der Waals surface area contributed by atoms with Crippen LogP contribution in [0.25, 0.3) is 0 Å². The molecule has 0 bridgehead atoms. The Morgan fingerprint density at radius 3 is 2.50 bits per heavy atom. The van der Waals surface area contributed by atoms with Crippen LogP contribution >= 0.6 is 27.5 Å². The number of nitrogens with zero attached hydrogens (tertiary/aromatic N) is 1. The highest BCUT2D eigenvalue weighted by molar-refractivity contribution is 9.10. The van der Waals surface area contributed by atoms with E-state index in [0.717, 1.165) is 22.0 Å². The maximum absolute atomic E-state index is 12.2. The number of halogens is 2. The van der Waals surface area contributed by atoms with Crippen molar-refractivity contribution >= 4 is 51.2 Å². The Kier molecular flexibility index (Phi) is 8.41. The molecule has 0 spiro atoms. The third-order valence-electron chi connectivity index (χ3n) is 4.54. The first-order valence-corrected chi connectivity index (χ1v) is 11.0. The molecule has 0 aliphatic carbocycles. The Hall–Kier alpha value is -3.16. The summed E-state index contributed by atoms with van der Waals surface area (Å²) in [5.74, 6) is -1.12. The summed E-state index contributed by atoms with van der Waals surface area (Å²) in [4.78, 5) is 24.3. The molecule has 0 aromatic heterocycles. The van der Waals surface area contributed by atoms with Crippen molar-refractivity contribution in [1.29, 1.82) is 0 Å². The molecule has 0 radical (unpaired) electrons. The number of rotatable bonds is 7. The zero-order valence-electron chi connectivity index (χ0n) is 17.3. The fourth-order valence-electron chi connectivity index (χ4n) is 2.86. The second-order valence-corrected chi connectivity index (χ2v) is 8.05. The van der Waals surface area contributed by atoms with Crippen LogP contribution in [0.3, 0.4) is 0 Å².